The maximum Gasteiger partial charge on any atom is 0.414 e. The molecule has 0 rings (SSSR count). The van der Waals surface area contributed by atoms with Crippen molar-refractivity contribution in [3.8, 4) is 0 Å². The van der Waals surface area contributed by atoms with Crippen LogP contribution in [0.25, 0.3) is 0 Å². The van der Waals surface area contributed by atoms with Crippen LogP contribution in [0.15, 0.2) is 0 Å². The normalized spacial score (nSPS) is 14.1. The van der Waals surface area contributed by atoms with Crippen molar-refractivity contribution in [3.05, 3.63) is 0 Å². The Morgan fingerprint density at radius 2 is 1.81 bits per heavy atom. The summed E-state index contributed by atoms with van der Waals surface area (Å²) in [6.07, 6.45) is -2.19. The van der Waals surface area contributed by atoms with Crippen LogP contribution < -0.4 is 5.32 Å². The maximum atomic E-state index is 12.0. The van der Waals surface area contributed by atoms with Gasteiger partial charge in [-0.2, -0.15) is 13.2 Å². The third-order valence-corrected chi connectivity index (χ3v) is 2.25. The van der Waals surface area contributed by atoms with Gasteiger partial charge < -0.3 is 10.1 Å². The van der Waals surface area contributed by atoms with Gasteiger partial charge >= 0.3 is 6.18 Å². The lowest BCUT2D eigenvalue weighted by molar-refractivity contribution is -0.214. The first kappa shape index (κ1) is 15.7. The van der Waals surface area contributed by atoms with Crippen LogP contribution in [0.4, 0.5) is 13.2 Å². The van der Waals surface area contributed by atoms with Gasteiger partial charge in [-0.05, 0) is 45.7 Å². The van der Waals surface area contributed by atoms with Crippen molar-refractivity contribution in [2.75, 3.05) is 19.7 Å². The Kier molecular flexibility index (Phi) is 8.66. The van der Waals surface area contributed by atoms with Gasteiger partial charge in [-0.15, -0.1) is 0 Å². The van der Waals surface area contributed by atoms with Gasteiger partial charge in [0.2, 0.25) is 0 Å². The van der Waals surface area contributed by atoms with E-state index in [4.69, 9.17) is 0 Å². The van der Waals surface area contributed by atoms with Gasteiger partial charge in [-0.25, -0.2) is 0 Å². The fraction of sp³-hybridized carbons (Fsp3) is 1.00. The molecule has 0 amide bonds. The van der Waals surface area contributed by atoms with E-state index in [2.05, 4.69) is 17.0 Å². The molecule has 5 heteroatoms. The highest BCUT2D eigenvalue weighted by Gasteiger charge is 2.36. The fourth-order valence-electron chi connectivity index (χ4n) is 1.19. The van der Waals surface area contributed by atoms with Crippen molar-refractivity contribution in [2.24, 2.45) is 0 Å². The first-order valence-electron chi connectivity index (χ1n) is 5.87. The second-order valence-corrected chi connectivity index (χ2v) is 3.87. The first-order chi connectivity index (χ1) is 7.48. The zero-order chi connectivity index (χ0) is 12.4. The van der Waals surface area contributed by atoms with E-state index in [1.165, 1.54) is 0 Å². The molecule has 16 heavy (non-hydrogen) atoms. The summed E-state index contributed by atoms with van der Waals surface area (Å²) in [6, 6.07) is 0. The maximum absolute atomic E-state index is 12.0. The average Bonchev–Trinajstić information content (AvgIpc) is 2.20. The van der Waals surface area contributed by atoms with Gasteiger partial charge in [0.15, 0.2) is 6.10 Å². The minimum atomic E-state index is -4.23. The van der Waals surface area contributed by atoms with E-state index < -0.39 is 12.3 Å². The third kappa shape index (κ3) is 8.97. The lowest BCUT2D eigenvalue weighted by Gasteiger charge is -2.16. The summed E-state index contributed by atoms with van der Waals surface area (Å²) in [5.74, 6) is 0. The first-order valence-corrected chi connectivity index (χ1v) is 5.87. The molecule has 0 spiro atoms. The largest absolute Gasteiger partial charge is 0.414 e. The predicted molar refractivity (Wildman–Crippen MR) is 58.5 cm³/mol. The van der Waals surface area contributed by atoms with Gasteiger partial charge in [0.1, 0.15) is 0 Å². The number of rotatable bonds is 9. The molecule has 1 unspecified atom stereocenters. The van der Waals surface area contributed by atoms with Crippen molar-refractivity contribution in [3.63, 3.8) is 0 Å². The Balaban J connectivity index is 3.21. The molecule has 0 aliphatic rings. The topological polar surface area (TPSA) is 21.3 Å². The summed E-state index contributed by atoms with van der Waals surface area (Å²) < 4.78 is 40.8. The summed E-state index contributed by atoms with van der Waals surface area (Å²) >= 11 is 0. The smallest absolute Gasteiger partial charge is 0.369 e. The highest BCUT2D eigenvalue weighted by Crippen LogP contribution is 2.22. The van der Waals surface area contributed by atoms with Crippen LogP contribution >= 0.6 is 0 Å². The number of nitrogens with one attached hydrogen (secondary N) is 1. The zero-order valence-corrected chi connectivity index (χ0v) is 10.1. The van der Waals surface area contributed by atoms with Crippen molar-refractivity contribution in [1.82, 2.24) is 5.32 Å². The molecule has 0 saturated heterocycles. The molecule has 0 saturated carbocycles. The summed E-state index contributed by atoms with van der Waals surface area (Å²) in [5, 5.41) is 3.24. The quantitative estimate of drug-likeness (QED) is 0.626. The monoisotopic (exact) mass is 241 g/mol. The van der Waals surface area contributed by atoms with Gasteiger partial charge in [0, 0.05) is 6.61 Å². The molecular formula is C11H22F3NO. The second-order valence-electron chi connectivity index (χ2n) is 3.87. The number of unbranched alkanes of at least 4 members (excludes halogenated alkanes) is 2. The van der Waals surface area contributed by atoms with E-state index in [0.717, 1.165) is 39.3 Å². The number of hydrogen-bond donors (Lipinski definition) is 1. The van der Waals surface area contributed by atoms with E-state index >= 15 is 0 Å². The van der Waals surface area contributed by atoms with Crippen LogP contribution in [0.2, 0.25) is 0 Å². The van der Waals surface area contributed by atoms with Crippen molar-refractivity contribution in [2.45, 2.75) is 51.8 Å². The molecule has 0 aromatic rings. The zero-order valence-electron chi connectivity index (χ0n) is 10.1. The van der Waals surface area contributed by atoms with E-state index in [-0.39, 0.29) is 6.61 Å². The van der Waals surface area contributed by atoms with Crippen molar-refractivity contribution in [1.29, 1.82) is 0 Å². The van der Waals surface area contributed by atoms with E-state index in [9.17, 15) is 13.2 Å². The van der Waals surface area contributed by atoms with Crippen LogP contribution in [-0.2, 0) is 4.74 Å². The molecule has 0 fully saturated rings. The molecule has 0 aliphatic carbocycles. The molecular weight excluding hydrogens is 219 g/mol. The molecule has 0 bridgehead atoms. The molecule has 1 N–H and O–H groups in total. The predicted octanol–water partition coefficient (Wildman–Crippen LogP) is 3.12. The molecule has 0 heterocycles. The van der Waals surface area contributed by atoms with Gasteiger partial charge in [-0.3, -0.25) is 0 Å². The Hall–Kier alpha value is -0.290. The van der Waals surface area contributed by atoms with E-state index in [1.807, 2.05) is 0 Å². The highest BCUT2D eigenvalue weighted by molar-refractivity contribution is 4.60. The molecule has 1 atom stereocenters. The lowest BCUT2D eigenvalue weighted by Crippen LogP contribution is -2.28. The summed E-state index contributed by atoms with van der Waals surface area (Å²) in [4.78, 5) is 0. The van der Waals surface area contributed by atoms with Crippen LogP contribution in [0.5, 0.6) is 0 Å². The van der Waals surface area contributed by atoms with E-state index in [1.54, 1.807) is 0 Å². The summed E-state index contributed by atoms with van der Waals surface area (Å²) in [7, 11) is 0. The Morgan fingerprint density at radius 3 is 2.38 bits per heavy atom. The Bertz CT molecular complexity index is 162. The molecule has 0 radical (unpaired) electrons. The SMILES string of the molecule is CCCNCCCCCOC(C)C(F)(F)F. The Labute approximate surface area is 95.5 Å². The van der Waals surface area contributed by atoms with Gasteiger partial charge in [0.05, 0.1) is 0 Å². The summed E-state index contributed by atoms with van der Waals surface area (Å²) in [5.41, 5.74) is 0. The highest BCUT2D eigenvalue weighted by atomic mass is 19.4. The number of hydrogen-bond acceptors (Lipinski definition) is 2. The van der Waals surface area contributed by atoms with Crippen molar-refractivity contribution < 1.29 is 17.9 Å². The van der Waals surface area contributed by atoms with Crippen molar-refractivity contribution >= 4 is 0 Å². The lowest BCUT2D eigenvalue weighted by atomic mass is 10.2. The molecule has 0 aliphatic heterocycles. The minimum absolute atomic E-state index is 0.189. The molecule has 98 valence electrons. The van der Waals surface area contributed by atoms with Gasteiger partial charge in [0.25, 0.3) is 0 Å². The average molecular weight is 241 g/mol. The fourth-order valence-corrected chi connectivity index (χ4v) is 1.19. The number of halogens is 3. The second kappa shape index (κ2) is 8.82. The van der Waals surface area contributed by atoms with E-state index in [0.29, 0.717) is 6.42 Å². The summed E-state index contributed by atoms with van der Waals surface area (Å²) in [6.45, 7) is 5.26. The number of alkyl halides is 3. The minimum Gasteiger partial charge on any atom is -0.369 e. The molecule has 0 aromatic carbocycles. The Morgan fingerprint density at radius 1 is 1.12 bits per heavy atom. The molecule has 0 aromatic heterocycles. The van der Waals surface area contributed by atoms with Crippen LogP contribution in [0.3, 0.4) is 0 Å². The van der Waals surface area contributed by atoms with Crippen LogP contribution in [0, 0.1) is 0 Å². The van der Waals surface area contributed by atoms with Crippen LogP contribution in [0.1, 0.15) is 39.5 Å². The van der Waals surface area contributed by atoms with Gasteiger partial charge in [-0.1, -0.05) is 6.92 Å². The third-order valence-electron chi connectivity index (χ3n) is 2.25. The molecule has 2 nitrogen and oxygen atoms in total. The number of ether oxygens (including phenoxy) is 1. The standard InChI is InChI=1S/C11H22F3NO/c1-3-7-15-8-5-4-6-9-16-10(2)11(12,13)14/h10,15H,3-9H2,1-2H3. The van der Waals surface area contributed by atoms with Crippen LogP contribution in [-0.4, -0.2) is 32.0 Å².